The number of hydrogen-bond donors (Lipinski definition) is 1. The van der Waals surface area contributed by atoms with Crippen molar-refractivity contribution < 1.29 is 14.7 Å². The number of carbonyl (C=O) groups excluding carboxylic acids is 1. The van der Waals surface area contributed by atoms with Crippen LogP contribution in [0.1, 0.15) is 29.1 Å². The summed E-state index contributed by atoms with van der Waals surface area (Å²) in [5.41, 5.74) is 0.673. The van der Waals surface area contributed by atoms with Crippen molar-refractivity contribution in [1.29, 1.82) is 0 Å². The van der Waals surface area contributed by atoms with Gasteiger partial charge in [0.2, 0.25) is 0 Å². The molecule has 0 aromatic carbocycles. The Kier molecular flexibility index (Phi) is 4.80. The summed E-state index contributed by atoms with van der Waals surface area (Å²) in [6, 6.07) is 2.41. The number of nitrogens with zero attached hydrogens (tertiary/aromatic N) is 2. The Labute approximate surface area is 128 Å². The SMILES string of the molecule is CC1CN(C(=O)c2sccc2/C=C/C(=O)O)CC(C)N1C. The summed E-state index contributed by atoms with van der Waals surface area (Å²) < 4.78 is 0. The van der Waals surface area contributed by atoms with E-state index >= 15 is 0 Å². The van der Waals surface area contributed by atoms with Crippen LogP contribution in [0.3, 0.4) is 0 Å². The van der Waals surface area contributed by atoms with Gasteiger partial charge in [0.05, 0.1) is 4.88 Å². The second-order valence-electron chi connectivity index (χ2n) is 5.45. The molecule has 2 rings (SSSR count). The summed E-state index contributed by atoms with van der Waals surface area (Å²) in [6.07, 6.45) is 2.54. The van der Waals surface area contributed by atoms with E-state index in [-0.39, 0.29) is 5.91 Å². The van der Waals surface area contributed by atoms with Crippen molar-refractivity contribution in [3.8, 4) is 0 Å². The minimum Gasteiger partial charge on any atom is -0.478 e. The normalized spacial score (nSPS) is 23.7. The maximum atomic E-state index is 12.7. The molecule has 1 aliphatic heterocycles. The molecule has 0 saturated carbocycles. The molecule has 114 valence electrons. The van der Waals surface area contributed by atoms with Gasteiger partial charge >= 0.3 is 5.97 Å². The molecule has 2 heterocycles. The lowest BCUT2D eigenvalue weighted by Crippen LogP contribution is -2.56. The van der Waals surface area contributed by atoms with E-state index in [0.717, 1.165) is 6.08 Å². The summed E-state index contributed by atoms with van der Waals surface area (Å²) in [7, 11) is 2.07. The van der Waals surface area contributed by atoms with Crippen molar-refractivity contribution in [2.75, 3.05) is 20.1 Å². The second kappa shape index (κ2) is 6.41. The Balaban J connectivity index is 2.17. The van der Waals surface area contributed by atoms with E-state index in [1.54, 1.807) is 6.07 Å². The van der Waals surface area contributed by atoms with Crippen molar-refractivity contribution in [2.24, 2.45) is 0 Å². The number of rotatable bonds is 3. The fraction of sp³-hybridized carbons (Fsp3) is 0.467. The number of carboxylic acids is 1. The van der Waals surface area contributed by atoms with E-state index < -0.39 is 5.97 Å². The largest absolute Gasteiger partial charge is 0.478 e. The molecule has 1 amide bonds. The van der Waals surface area contributed by atoms with Crippen LogP contribution in [0.4, 0.5) is 0 Å². The summed E-state index contributed by atoms with van der Waals surface area (Å²) in [4.78, 5) is 28.0. The highest BCUT2D eigenvalue weighted by Crippen LogP contribution is 2.23. The van der Waals surface area contributed by atoms with E-state index in [1.165, 1.54) is 17.4 Å². The Morgan fingerprint density at radius 1 is 1.33 bits per heavy atom. The quantitative estimate of drug-likeness (QED) is 0.868. The van der Waals surface area contributed by atoms with Gasteiger partial charge in [-0.1, -0.05) is 0 Å². The van der Waals surface area contributed by atoms with Crippen LogP contribution in [0.15, 0.2) is 17.5 Å². The summed E-state index contributed by atoms with van der Waals surface area (Å²) in [6.45, 7) is 5.60. The first-order valence-corrected chi connectivity index (χ1v) is 7.77. The lowest BCUT2D eigenvalue weighted by atomic mass is 10.1. The van der Waals surface area contributed by atoms with Crippen LogP contribution in [-0.4, -0.2) is 59.0 Å². The molecular formula is C15H20N2O3S. The van der Waals surface area contributed by atoms with Gasteiger partial charge in [0.15, 0.2) is 0 Å². The van der Waals surface area contributed by atoms with Gasteiger partial charge in [-0.05, 0) is 44.0 Å². The van der Waals surface area contributed by atoms with E-state index in [4.69, 9.17) is 5.11 Å². The van der Waals surface area contributed by atoms with E-state index in [0.29, 0.717) is 35.6 Å². The van der Waals surface area contributed by atoms with Crippen molar-refractivity contribution in [3.63, 3.8) is 0 Å². The fourth-order valence-electron chi connectivity index (χ4n) is 2.50. The van der Waals surface area contributed by atoms with Crippen LogP contribution in [0.2, 0.25) is 0 Å². The lowest BCUT2D eigenvalue weighted by molar-refractivity contribution is -0.131. The van der Waals surface area contributed by atoms with Crippen molar-refractivity contribution >= 4 is 29.3 Å². The third kappa shape index (κ3) is 3.51. The average Bonchev–Trinajstić information content (AvgIpc) is 2.89. The lowest BCUT2D eigenvalue weighted by Gasteiger charge is -2.42. The van der Waals surface area contributed by atoms with Gasteiger partial charge in [-0.2, -0.15) is 0 Å². The molecule has 0 bridgehead atoms. The van der Waals surface area contributed by atoms with Crippen molar-refractivity contribution in [3.05, 3.63) is 28.0 Å². The van der Waals surface area contributed by atoms with Gasteiger partial charge in [-0.3, -0.25) is 9.69 Å². The summed E-state index contributed by atoms with van der Waals surface area (Å²) in [5.74, 6) is -1.02. The first-order valence-electron chi connectivity index (χ1n) is 6.90. The van der Waals surface area contributed by atoms with E-state index in [1.807, 2.05) is 10.3 Å². The monoisotopic (exact) mass is 308 g/mol. The van der Waals surface area contributed by atoms with Gasteiger partial charge in [0.1, 0.15) is 0 Å². The number of amides is 1. The fourth-order valence-corrected chi connectivity index (χ4v) is 3.35. The third-order valence-electron chi connectivity index (χ3n) is 3.94. The highest BCUT2D eigenvalue weighted by molar-refractivity contribution is 7.12. The van der Waals surface area contributed by atoms with Gasteiger partial charge < -0.3 is 10.0 Å². The minimum absolute atomic E-state index is 0.0122. The molecule has 1 aliphatic rings. The summed E-state index contributed by atoms with van der Waals surface area (Å²) >= 11 is 1.36. The first kappa shape index (κ1) is 15.7. The predicted octanol–water partition coefficient (Wildman–Crippen LogP) is 2.01. The third-order valence-corrected chi connectivity index (χ3v) is 4.86. The van der Waals surface area contributed by atoms with Gasteiger partial charge in [-0.15, -0.1) is 11.3 Å². The zero-order valence-corrected chi connectivity index (χ0v) is 13.3. The molecule has 0 spiro atoms. The molecular weight excluding hydrogens is 288 g/mol. The van der Waals surface area contributed by atoms with Gasteiger partial charge in [0.25, 0.3) is 5.91 Å². The maximum Gasteiger partial charge on any atom is 0.328 e. The zero-order valence-electron chi connectivity index (χ0n) is 12.4. The standard InChI is InChI=1S/C15H20N2O3S/c1-10-8-17(9-11(2)16(10)3)15(20)14-12(6-7-21-14)4-5-13(18)19/h4-7,10-11H,8-9H2,1-3H3,(H,18,19)/b5-4+. The van der Waals surface area contributed by atoms with Crippen LogP contribution in [0.5, 0.6) is 0 Å². The molecule has 2 unspecified atom stereocenters. The van der Waals surface area contributed by atoms with Crippen LogP contribution < -0.4 is 0 Å². The van der Waals surface area contributed by atoms with Crippen LogP contribution in [0.25, 0.3) is 6.08 Å². The average molecular weight is 308 g/mol. The zero-order chi connectivity index (χ0) is 15.6. The number of hydrogen-bond acceptors (Lipinski definition) is 4. The molecule has 0 radical (unpaired) electrons. The molecule has 2 atom stereocenters. The van der Waals surface area contributed by atoms with E-state index in [2.05, 4.69) is 25.8 Å². The van der Waals surface area contributed by atoms with Crippen molar-refractivity contribution in [1.82, 2.24) is 9.80 Å². The maximum absolute atomic E-state index is 12.7. The Morgan fingerprint density at radius 3 is 2.52 bits per heavy atom. The molecule has 6 heteroatoms. The Morgan fingerprint density at radius 2 is 1.95 bits per heavy atom. The molecule has 1 saturated heterocycles. The van der Waals surface area contributed by atoms with Crippen molar-refractivity contribution in [2.45, 2.75) is 25.9 Å². The van der Waals surface area contributed by atoms with Gasteiger partial charge in [-0.25, -0.2) is 4.79 Å². The summed E-state index contributed by atoms with van der Waals surface area (Å²) in [5, 5.41) is 10.5. The number of piperazine rings is 1. The van der Waals surface area contributed by atoms with Gasteiger partial charge in [0, 0.05) is 31.2 Å². The van der Waals surface area contributed by atoms with Crippen LogP contribution >= 0.6 is 11.3 Å². The van der Waals surface area contributed by atoms with E-state index in [9.17, 15) is 9.59 Å². The van der Waals surface area contributed by atoms with Crippen LogP contribution in [-0.2, 0) is 4.79 Å². The first-order chi connectivity index (χ1) is 9.90. The highest BCUT2D eigenvalue weighted by Gasteiger charge is 2.30. The Bertz CT molecular complexity index is 555. The highest BCUT2D eigenvalue weighted by atomic mass is 32.1. The number of carbonyl (C=O) groups is 2. The molecule has 1 N–H and O–H groups in total. The van der Waals surface area contributed by atoms with Crippen LogP contribution in [0, 0.1) is 0 Å². The molecule has 1 aromatic heterocycles. The molecule has 0 aliphatic carbocycles. The molecule has 5 nitrogen and oxygen atoms in total. The molecule has 1 aromatic rings. The number of aliphatic carboxylic acids is 1. The topological polar surface area (TPSA) is 60.9 Å². The minimum atomic E-state index is -1.01. The predicted molar refractivity (Wildman–Crippen MR) is 83.6 cm³/mol. The number of likely N-dealkylation sites (N-methyl/N-ethyl adjacent to an activating group) is 1. The Hall–Kier alpha value is -1.66. The number of carboxylic acid groups (broad SMARTS) is 1. The molecule has 21 heavy (non-hydrogen) atoms. The number of thiophene rings is 1. The molecule has 1 fully saturated rings. The smallest absolute Gasteiger partial charge is 0.328 e. The second-order valence-corrected chi connectivity index (χ2v) is 6.37.